The van der Waals surface area contributed by atoms with Crippen molar-refractivity contribution in [3.8, 4) is 0 Å². The molecule has 0 fully saturated rings. The molecule has 0 aliphatic carbocycles. The van der Waals surface area contributed by atoms with E-state index in [1.54, 1.807) is 62.1 Å². The Morgan fingerprint density at radius 1 is 1.14 bits per heavy atom. The fourth-order valence-electron chi connectivity index (χ4n) is 1.98. The molecule has 0 radical (unpaired) electrons. The number of sulfonamides is 1. The van der Waals surface area contributed by atoms with Gasteiger partial charge in [0.05, 0.1) is 6.21 Å². The second-order valence-corrected chi connectivity index (χ2v) is 6.01. The second-order valence-electron chi connectivity index (χ2n) is 4.43. The van der Waals surface area contributed by atoms with Crippen molar-refractivity contribution in [2.24, 2.45) is 9.50 Å². The molecule has 1 aliphatic heterocycles. The van der Waals surface area contributed by atoms with Crippen LogP contribution in [-0.2, 0) is 10.0 Å². The van der Waals surface area contributed by atoms with E-state index in [9.17, 15) is 8.42 Å². The summed E-state index contributed by atoms with van der Waals surface area (Å²) in [5, 5.41) is 5.67. The smallest absolute Gasteiger partial charge is 0.265 e. The van der Waals surface area contributed by atoms with E-state index >= 15 is 0 Å². The van der Waals surface area contributed by atoms with Crippen LogP contribution in [0.15, 0.2) is 63.2 Å². The second kappa shape index (κ2) is 6.25. The van der Waals surface area contributed by atoms with Gasteiger partial charge in [-0.15, -0.1) is 16.8 Å². The summed E-state index contributed by atoms with van der Waals surface area (Å²) in [5.41, 5.74) is 1.43. The number of fused-ring (bicyclic) bond motifs is 1. The van der Waals surface area contributed by atoms with Gasteiger partial charge in [-0.25, -0.2) is 5.01 Å². The molecule has 1 aromatic carbocycles. The van der Waals surface area contributed by atoms with Gasteiger partial charge < -0.3 is 0 Å². The van der Waals surface area contributed by atoms with E-state index in [4.69, 9.17) is 0 Å². The lowest BCUT2D eigenvalue weighted by Crippen LogP contribution is -2.21. The van der Waals surface area contributed by atoms with Gasteiger partial charge in [-0.1, -0.05) is 12.1 Å². The summed E-state index contributed by atoms with van der Waals surface area (Å²) in [6, 6.07) is 10.3. The van der Waals surface area contributed by atoms with Crippen LogP contribution in [0.3, 0.4) is 0 Å². The lowest BCUT2D eigenvalue weighted by Gasteiger charge is -2.12. The van der Waals surface area contributed by atoms with Crippen molar-refractivity contribution in [1.29, 1.82) is 0 Å². The number of hydrazone groups is 1. The predicted octanol–water partition coefficient (Wildman–Crippen LogP) is 1.92. The molecule has 8 heteroatoms. The van der Waals surface area contributed by atoms with Gasteiger partial charge in [-0.2, -0.15) is 13.5 Å². The molecule has 0 N–H and O–H groups in total. The number of benzene rings is 1. The van der Waals surface area contributed by atoms with Crippen LogP contribution in [0, 0.1) is 0 Å². The molecule has 6 nitrogen and oxygen atoms in total. The molecule has 0 saturated carbocycles. The molecule has 2 aromatic rings. The van der Waals surface area contributed by atoms with E-state index in [1.165, 1.54) is 5.01 Å². The third-order valence-electron chi connectivity index (χ3n) is 3.01. The van der Waals surface area contributed by atoms with Crippen LogP contribution in [0.1, 0.15) is 11.1 Å². The van der Waals surface area contributed by atoms with Crippen molar-refractivity contribution in [2.45, 2.75) is 4.90 Å². The average molecular weight is 337 g/mol. The molecule has 0 saturated heterocycles. The monoisotopic (exact) mass is 336 g/mol. The highest BCUT2D eigenvalue weighted by Crippen LogP contribution is 2.26. The minimum Gasteiger partial charge on any atom is -0.265 e. The topological polar surface area (TPSA) is 75.0 Å². The van der Waals surface area contributed by atoms with Gasteiger partial charge in [-0.05, 0) is 29.8 Å². The first-order chi connectivity index (χ1) is 10.1. The minimum atomic E-state index is -3.62. The summed E-state index contributed by atoms with van der Waals surface area (Å²) in [6.45, 7) is 0. The maximum Gasteiger partial charge on any atom is 0.285 e. The summed E-state index contributed by atoms with van der Waals surface area (Å²) in [4.78, 5) is 4.13. The number of amidine groups is 1. The lowest BCUT2D eigenvalue weighted by molar-refractivity contribution is 0.549. The summed E-state index contributed by atoms with van der Waals surface area (Å²) in [5.74, 6) is 0.316. The third kappa shape index (κ3) is 3.00. The van der Waals surface area contributed by atoms with Gasteiger partial charge in [0.25, 0.3) is 10.0 Å². The van der Waals surface area contributed by atoms with Gasteiger partial charge in [0.2, 0.25) is 0 Å². The Bertz CT molecular complexity index is 835. The normalized spacial score (nSPS) is 15.0. The van der Waals surface area contributed by atoms with Crippen LogP contribution >= 0.6 is 12.4 Å². The van der Waals surface area contributed by atoms with Crippen molar-refractivity contribution in [3.63, 3.8) is 0 Å². The maximum absolute atomic E-state index is 12.0. The van der Waals surface area contributed by atoms with Crippen molar-refractivity contribution in [3.05, 3.63) is 59.9 Å². The zero-order chi connectivity index (χ0) is 14.9. The Kier molecular flexibility index (Phi) is 4.58. The van der Waals surface area contributed by atoms with Crippen LogP contribution in [0.2, 0.25) is 0 Å². The number of pyridine rings is 1. The molecule has 0 amide bonds. The Hall–Kier alpha value is -2.25. The molecule has 1 aromatic heterocycles. The molecule has 0 unspecified atom stereocenters. The molecule has 3 rings (SSSR count). The molecule has 0 atom stereocenters. The summed E-state index contributed by atoms with van der Waals surface area (Å²) >= 11 is 0. The number of nitrogens with zero attached hydrogens (tertiary/aromatic N) is 4. The summed E-state index contributed by atoms with van der Waals surface area (Å²) in [7, 11) is -1.96. The Labute approximate surface area is 134 Å². The Balaban J connectivity index is 0.00000176. The SMILES string of the molecule is CN(/N=C/c1ccncc1)C1=NS(=O)(=O)c2ccccc21.Cl. The Morgan fingerprint density at radius 3 is 2.55 bits per heavy atom. The van der Waals surface area contributed by atoms with E-state index in [0.717, 1.165) is 5.56 Å². The van der Waals surface area contributed by atoms with E-state index in [0.29, 0.717) is 11.4 Å². The summed E-state index contributed by atoms with van der Waals surface area (Å²) < 4.78 is 27.7. The largest absolute Gasteiger partial charge is 0.285 e. The number of hydrogen-bond acceptors (Lipinski definition) is 5. The molecule has 0 spiro atoms. The highest BCUT2D eigenvalue weighted by Gasteiger charge is 2.30. The van der Waals surface area contributed by atoms with E-state index in [1.807, 2.05) is 0 Å². The highest BCUT2D eigenvalue weighted by atomic mass is 35.5. The van der Waals surface area contributed by atoms with Crippen LogP contribution in [0.4, 0.5) is 0 Å². The molecule has 2 heterocycles. The van der Waals surface area contributed by atoms with Gasteiger partial charge in [-0.3, -0.25) is 4.98 Å². The van der Waals surface area contributed by atoms with Crippen LogP contribution in [-0.4, -0.2) is 37.5 Å². The first-order valence-electron chi connectivity index (χ1n) is 6.20. The quantitative estimate of drug-likeness (QED) is 0.620. The molecular formula is C14H13ClN4O2S. The van der Waals surface area contributed by atoms with Crippen molar-refractivity contribution < 1.29 is 8.42 Å². The minimum absolute atomic E-state index is 0. The fourth-order valence-corrected chi connectivity index (χ4v) is 3.21. The maximum atomic E-state index is 12.0. The van der Waals surface area contributed by atoms with Gasteiger partial charge in [0, 0.05) is 25.0 Å². The van der Waals surface area contributed by atoms with Gasteiger partial charge >= 0.3 is 0 Å². The standard InChI is InChI=1S/C14H12N4O2S.ClH/c1-18(16-10-11-6-8-15-9-7-11)14-12-4-2-3-5-13(12)21(19,20)17-14;/h2-10H,1H3;1H/b16-10+;. The fraction of sp³-hybridized carbons (Fsp3) is 0.0714. The van der Waals surface area contributed by atoms with E-state index in [2.05, 4.69) is 14.5 Å². The van der Waals surface area contributed by atoms with Gasteiger partial charge in [0.15, 0.2) is 5.84 Å². The van der Waals surface area contributed by atoms with E-state index < -0.39 is 10.0 Å². The highest BCUT2D eigenvalue weighted by molar-refractivity contribution is 7.90. The Morgan fingerprint density at radius 2 is 1.82 bits per heavy atom. The van der Waals surface area contributed by atoms with E-state index in [-0.39, 0.29) is 17.3 Å². The van der Waals surface area contributed by atoms with Crippen LogP contribution in [0.5, 0.6) is 0 Å². The molecular weight excluding hydrogens is 324 g/mol. The number of aromatic nitrogens is 1. The number of hydrogen-bond donors (Lipinski definition) is 0. The number of rotatable bonds is 2. The van der Waals surface area contributed by atoms with Crippen molar-refractivity contribution in [2.75, 3.05) is 7.05 Å². The predicted molar refractivity (Wildman–Crippen MR) is 87.0 cm³/mol. The first kappa shape index (κ1) is 16.1. The first-order valence-corrected chi connectivity index (χ1v) is 7.64. The average Bonchev–Trinajstić information content (AvgIpc) is 2.78. The lowest BCUT2D eigenvalue weighted by atomic mass is 10.2. The van der Waals surface area contributed by atoms with Crippen LogP contribution < -0.4 is 0 Å². The van der Waals surface area contributed by atoms with Crippen molar-refractivity contribution >= 4 is 34.5 Å². The van der Waals surface area contributed by atoms with Crippen LogP contribution in [0.25, 0.3) is 0 Å². The summed E-state index contributed by atoms with van der Waals surface area (Å²) in [6.07, 6.45) is 4.94. The number of halogens is 1. The van der Waals surface area contributed by atoms with Crippen molar-refractivity contribution in [1.82, 2.24) is 9.99 Å². The van der Waals surface area contributed by atoms with Gasteiger partial charge in [0.1, 0.15) is 4.90 Å². The molecule has 22 heavy (non-hydrogen) atoms. The third-order valence-corrected chi connectivity index (χ3v) is 4.33. The molecule has 0 bridgehead atoms. The molecule has 1 aliphatic rings. The zero-order valence-corrected chi connectivity index (χ0v) is 13.3. The molecule has 114 valence electrons. The zero-order valence-electron chi connectivity index (χ0n) is 11.6.